The van der Waals surface area contributed by atoms with Gasteiger partial charge in [0.15, 0.2) is 0 Å². The highest BCUT2D eigenvalue weighted by Gasteiger charge is 2.28. The van der Waals surface area contributed by atoms with Crippen molar-refractivity contribution in [1.29, 1.82) is 0 Å². The Morgan fingerprint density at radius 1 is 1.40 bits per heavy atom. The van der Waals surface area contributed by atoms with E-state index < -0.39 is 6.10 Å². The Kier molecular flexibility index (Phi) is 6.25. The fourth-order valence-corrected chi connectivity index (χ4v) is 2.94. The molecule has 2 heterocycles. The molecule has 1 aromatic rings. The van der Waals surface area contributed by atoms with Gasteiger partial charge in [0.25, 0.3) is 5.91 Å². The number of methoxy groups -OCH3 is 1. The van der Waals surface area contributed by atoms with Crippen LogP contribution in [-0.2, 0) is 14.4 Å². The van der Waals surface area contributed by atoms with Gasteiger partial charge in [-0.25, -0.2) is 0 Å². The molecule has 1 N–H and O–H groups in total. The first-order valence-corrected chi connectivity index (χ1v) is 8.71. The number of benzene rings is 1. The van der Waals surface area contributed by atoms with Crippen LogP contribution in [0.3, 0.4) is 0 Å². The first-order valence-electron chi connectivity index (χ1n) is 8.71. The summed E-state index contributed by atoms with van der Waals surface area (Å²) < 4.78 is 10.5. The van der Waals surface area contributed by atoms with Crippen LogP contribution in [-0.4, -0.2) is 69.1 Å². The molecule has 0 radical (unpaired) electrons. The zero-order valence-electron chi connectivity index (χ0n) is 14.6. The lowest BCUT2D eigenvalue weighted by Gasteiger charge is -2.26. The van der Waals surface area contributed by atoms with Crippen molar-refractivity contribution in [1.82, 2.24) is 10.2 Å². The van der Waals surface area contributed by atoms with Crippen LogP contribution in [0.2, 0.25) is 0 Å². The van der Waals surface area contributed by atoms with E-state index in [1.54, 1.807) is 7.11 Å². The number of nitrogens with one attached hydrogen (secondary N) is 1. The second-order valence-electron chi connectivity index (χ2n) is 6.17. The second-order valence-corrected chi connectivity index (χ2v) is 6.17. The number of hydrogen-bond acceptors (Lipinski definition) is 6. The molecule has 1 amide bonds. The molecule has 1 unspecified atom stereocenters. The van der Waals surface area contributed by atoms with Crippen molar-refractivity contribution in [2.45, 2.75) is 18.9 Å². The first-order chi connectivity index (χ1) is 12.3. The number of morpholine rings is 1. The summed E-state index contributed by atoms with van der Waals surface area (Å²) in [7, 11) is 1.62. The summed E-state index contributed by atoms with van der Waals surface area (Å²) in [4.78, 5) is 19.9. The van der Waals surface area contributed by atoms with Crippen LogP contribution < -0.4 is 10.1 Å². The third kappa shape index (κ3) is 4.93. The highest BCUT2D eigenvalue weighted by molar-refractivity contribution is 6.04. The fraction of sp³-hybridized carbons (Fsp3) is 0.556. The van der Waals surface area contributed by atoms with E-state index >= 15 is 0 Å². The van der Waals surface area contributed by atoms with E-state index in [-0.39, 0.29) is 5.91 Å². The van der Waals surface area contributed by atoms with Crippen molar-refractivity contribution in [3.05, 3.63) is 29.8 Å². The summed E-state index contributed by atoms with van der Waals surface area (Å²) in [6.07, 6.45) is 0.842. The highest BCUT2D eigenvalue weighted by Crippen LogP contribution is 2.20. The zero-order valence-corrected chi connectivity index (χ0v) is 14.6. The minimum absolute atomic E-state index is 0.108. The maximum atomic E-state index is 12.2. The van der Waals surface area contributed by atoms with Crippen molar-refractivity contribution < 1.29 is 19.1 Å². The molecule has 7 heteroatoms. The molecule has 2 aliphatic rings. The molecule has 0 bridgehead atoms. The van der Waals surface area contributed by atoms with Gasteiger partial charge >= 0.3 is 0 Å². The van der Waals surface area contributed by atoms with E-state index in [0.717, 1.165) is 56.3 Å². The van der Waals surface area contributed by atoms with Gasteiger partial charge in [0.05, 0.1) is 26.0 Å². The van der Waals surface area contributed by atoms with Crippen molar-refractivity contribution in [2.75, 3.05) is 46.5 Å². The monoisotopic (exact) mass is 347 g/mol. The Hall–Kier alpha value is -2.12. The van der Waals surface area contributed by atoms with Crippen LogP contribution in [0.15, 0.2) is 29.4 Å². The Labute approximate surface area is 147 Å². The standard InChI is InChI=1S/C18H25N3O4/c1-23-15-5-2-4-14(12-15)16-13-17(25-20-16)18(22)19-6-3-7-21-8-10-24-11-9-21/h2,4-5,12,17H,3,6-11,13H2,1H3,(H,19,22). The summed E-state index contributed by atoms with van der Waals surface area (Å²) in [5.74, 6) is 0.653. The molecule has 136 valence electrons. The predicted octanol–water partition coefficient (Wildman–Crippen LogP) is 1.03. The van der Waals surface area contributed by atoms with Gasteiger partial charge in [-0.2, -0.15) is 0 Å². The number of carbonyl (C=O) groups excluding carboxylic acids is 1. The van der Waals surface area contributed by atoms with Crippen molar-refractivity contribution in [2.24, 2.45) is 5.16 Å². The van der Waals surface area contributed by atoms with E-state index in [2.05, 4.69) is 15.4 Å². The van der Waals surface area contributed by atoms with E-state index in [1.165, 1.54) is 0 Å². The molecular formula is C18H25N3O4. The number of nitrogens with zero attached hydrogens (tertiary/aromatic N) is 2. The average molecular weight is 347 g/mol. The molecule has 1 saturated heterocycles. The number of rotatable bonds is 7. The normalized spacial score (nSPS) is 20.7. The van der Waals surface area contributed by atoms with Gasteiger partial charge in [0.2, 0.25) is 6.10 Å². The van der Waals surface area contributed by atoms with E-state index in [0.29, 0.717) is 13.0 Å². The molecule has 0 saturated carbocycles. The number of ether oxygens (including phenoxy) is 2. The van der Waals surface area contributed by atoms with E-state index in [9.17, 15) is 4.79 Å². The number of amides is 1. The Balaban J connectivity index is 1.39. The van der Waals surface area contributed by atoms with Gasteiger partial charge in [0.1, 0.15) is 5.75 Å². The van der Waals surface area contributed by atoms with Crippen molar-refractivity contribution >= 4 is 11.6 Å². The molecule has 0 spiro atoms. The summed E-state index contributed by atoms with van der Waals surface area (Å²) >= 11 is 0. The second kappa shape index (κ2) is 8.82. The van der Waals surface area contributed by atoms with Gasteiger partial charge in [-0.1, -0.05) is 17.3 Å². The number of oxime groups is 1. The quantitative estimate of drug-likeness (QED) is 0.746. The molecule has 7 nitrogen and oxygen atoms in total. The van der Waals surface area contributed by atoms with Gasteiger partial charge in [0, 0.05) is 31.6 Å². The molecule has 1 aromatic carbocycles. The van der Waals surface area contributed by atoms with Crippen LogP contribution in [0, 0.1) is 0 Å². The third-order valence-electron chi connectivity index (χ3n) is 4.42. The molecule has 0 aromatic heterocycles. The average Bonchev–Trinajstić information content (AvgIpc) is 3.16. The van der Waals surface area contributed by atoms with Crippen LogP contribution >= 0.6 is 0 Å². The lowest BCUT2D eigenvalue weighted by molar-refractivity contribution is -0.131. The number of hydrogen-bond donors (Lipinski definition) is 1. The molecule has 3 rings (SSSR count). The van der Waals surface area contributed by atoms with Crippen LogP contribution in [0.1, 0.15) is 18.4 Å². The highest BCUT2D eigenvalue weighted by atomic mass is 16.6. The molecule has 25 heavy (non-hydrogen) atoms. The molecule has 2 aliphatic heterocycles. The third-order valence-corrected chi connectivity index (χ3v) is 4.42. The molecule has 1 atom stereocenters. The summed E-state index contributed by atoms with van der Waals surface area (Å²) in [5.41, 5.74) is 1.69. The van der Waals surface area contributed by atoms with E-state index in [4.69, 9.17) is 14.3 Å². The topological polar surface area (TPSA) is 72.4 Å². The minimum Gasteiger partial charge on any atom is -0.497 e. The molecule has 1 fully saturated rings. The van der Waals surface area contributed by atoms with Gasteiger partial charge in [-0.05, 0) is 25.1 Å². The summed E-state index contributed by atoms with van der Waals surface area (Å²) in [5, 5.41) is 7.00. The first kappa shape index (κ1) is 17.7. The maximum absolute atomic E-state index is 12.2. The summed E-state index contributed by atoms with van der Waals surface area (Å²) in [6, 6.07) is 7.60. The summed E-state index contributed by atoms with van der Waals surface area (Å²) in [6.45, 7) is 5.15. The van der Waals surface area contributed by atoms with Gasteiger partial charge in [-0.15, -0.1) is 0 Å². The lowest BCUT2D eigenvalue weighted by Crippen LogP contribution is -2.39. The van der Waals surface area contributed by atoms with Crippen molar-refractivity contribution in [3.63, 3.8) is 0 Å². The number of carbonyl (C=O) groups is 1. The minimum atomic E-state index is -0.551. The molecule has 0 aliphatic carbocycles. The Morgan fingerprint density at radius 2 is 2.24 bits per heavy atom. The largest absolute Gasteiger partial charge is 0.497 e. The predicted molar refractivity (Wildman–Crippen MR) is 93.9 cm³/mol. The van der Waals surface area contributed by atoms with Crippen LogP contribution in [0.5, 0.6) is 5.75 Å². The Bertz CT molecular complexity index is 614. The van der Waals surface area contributed by atoms with Crippen molar-refractivity contribution in [3.8, 4) is 5.75 Å². The molecular weight excluding hydrogens is 322 g/mol. The maximum Gasteiger partial charge on any atom is 0.264 e. The van der Waals surface area contributed by atoms with Gasteiger partial charge in [-0.3, -0.25) is 9.69 Å². The fourth-order valence-electron chi connectivity index (χ4n) is 2.94. The van der Waals surface area contributed by atoms with E-state index in [1.807, 2.05) is 24.3 Å². The van der Waals surface area contributed by atoms with Crippen LogP contribution in [0.25, 0.3) is 0 Å². The van der Waals surface area contributed by atoms with Crippen LogP contribution in [0.4, 0.5) is 0 Å². The smallest absolute Gasteiger partial charge is 0.264 e. The Morgan fingerprint density at radius 3 is 3.04 bits per heavy atom. The zero-order chi connectivity index (χ0) is 17.5. The SMILES string of the molecule is COc1cccc(C2=NOC(C(=O)NCCCN3CCOCC3)C2)c1. The van der Waals surface area contributed by atoms with Gasteiger partial charge < -0.3 is 19.6 Å². The lowest BCUT2D eigenvalue weighted by atomic mass is 10.0.